The molecule has 0 unspecified atom stereocenters. The summed E-state index contributed by atoms with van der Waals surface area (Å²) in [6, 6.07) is 18.1. The van der Waals surface area contributed by atoms with Gasteiger partial charge in [0.2, 0.25) is 0 Å². The summed E-state index contributed by atoms with van der Waals surface area (Å²) in [6.07, 6.45) is 1.70. The first-order valence-electron chi connectivity index (χ1n) is 5.92. The second-order valence-corrected chi connectivity index (χ2v) is 4.03. The Hall–Kier alpha value is -2.42. The topological polar surface area (TPSA) is 37.2 Å². The Morgan fingerprint density at radius 2 is 1.44 bits per heavy atom. The third-order valence-electron chi connectivity index (χ3n) is 2.85. The molecule has 2 heterocycles. The standard InChI is InChI=1S/C8H6O.C7H8N2/c1-2-4-8-7(3-1)5-6-9-8;1-2-4-7-6(3-1)8-5-9-7/h1-6H;1-4,8-9H,5H2. The molecule has 4 rings (SSSR count). The van der Waals surface area contributed by atoms with E-state index in [9.17, 15) is 0 Å². The highest BCUT2D eigenvalue weighted by Crippen LogP contribution is 2.24. The van der Waals surface area contributed by atoms with Gasteiger partial charge in [0, 0.05) is 5.39 Å². The lowest BCUT2D eigenvalue weighted by Crippen LogP contribution is -1.98. The zero-order valence-electron chi connectivity index (χ0n) is 9.89. The van der Waals surface area contributed by atoms with Crippen LogP contribution in [0.5, 0.6) is 0 Å². The van der Waals surface area contributed by atoms with Crippen LogP contribution in [0, 0.1) is 0 Å². The van der Waals surface area contributed by atoms with Crippen LogP contribution in [0.3, 0.4) is 0 Å². The molecule has 0 radical (unpaired) electrons. The highest BCUT2D eigenvalue weighted by molar-refractivity contribution is 5.76. The van der Waals surface area contributed by atoms with E-state index in [4.69, 9.17) is 4.42 Å². The van der Waals surface area contributed by atoms with Gasteiger partial charge in [-0.25, -0.2) is 0 Å². The molecule has 0 saturated heterocycles. The Labute approximate surface area is 105 Å². The van der Waals surface area contributed by atoms with Gasteiger partial charge in [0.15, 0.2) is 0 Å². The van der Waals surface area contributed by atoms with E-state index in [2.05, 4.69) is 22.8 Å². The first-order chi connectivity index (χ1) is 8.93. The number of hydrogen-bond donors (Lipinski definition) is 2. The van der Waals surface area contributed by atoms with Crippen molar-refractivity contribution in [2.45, 2.75) is 0 Å². The molecule has 0 atom stereocenters. The van der Waals surface area contributed by atoms with Crippen LogP contribution < -0.4 is 10.6 Å². The fourth-order valence-corrected chi connectivity index (χ4v) is 1.93. The molecule has 2 aromatic carbocycles. The predicted octanol–water partition coefficient (Wildman–Crippen LogP) is 3.91. The van der Waals surface area contributed by atoms with E-state index in [1.807, 2.05) is 42.5 Å². The van der Waals surface area contributed by atoms with Gasteiger partial charge >= 0.3 is 0 Å². The van der Waals surface area contributed by atoms with Crippen molar-refractivity contribution >= 4 is 22.3 Å². The maximum atomic E-state index is 5.12. The van der Waals surface area contributed by atoms with Gasteiger partial charge < -0.3 is 15.1 Å². The van der Waals surface area contributed by atoms with Crippen molar-refractivity contribution < 1.29 is 4.42 Å². The minimum Gasteiger partial charge on any atom is -0.464 e. The molecular weight excluding hydrogens is 224 g/mol. The summed E-state index contributed by atoms with van der Waals surface area (Å²) >= 11 is 0. The predicted molar refractivity (Wildman–Crippen MR) is 74.8 cm³/mol. The molecule has 3 nitrogen and oxygen atoms in total. The number of fused-ring (bicyclic) bond motifs is 2. The Morgan fingerprint density at radius 3 is 2.17 bits per heavy atom. The number of rotatable bonds is 0. The van der Waals surface area contributed by atoms with Crippen LogP contribution in [0.2, 0.25) is 0 Å². The monoisotopic (exact) mass is 238 g/mol. The van der Waals surface area contributed by atoms with E-state index in [0.717, 1.165) is 17.6 Å². The lowest BCUT2D eigenvalue weighted by atomic mass is 10.3. The minimum atomic E-state index is 0.860. The van der Waals surface area contributed by atoms with Crippen molar-refractivity contribution in [1.29, 1.82) is 0 Å². The minimum absolute atomic E-state index is 0.860. The zero-order chi connectivity index (χ0) is 12.2. The molecule has 0 spiro atoms. The van der Waals surface area contributed by atoms with E-state index >= 15 is 0 Å². The van der Waals surface area contributed by atoms with Crippen molar-refractivity contribution in [2.24, 2.45) is 0 Å². The van der Waals surface area contributed by atoms with Gasteiger partial charge in [-0.3, -0.25) is 0 Å². The summed E-state index contributed by atoms with van der Waals surface area (Å²) in [5, 5.41) is 7.54. The van der Waals surface area contributed by atoms with Gasteiger partial charge in [0.1, 0.15) is 5.58 Å². The Kier molecular flexibility index (Phi) is 2.88. The van der Waals surface area contributed by atoms with Crippen LogP contribution in [-0.2, 0) is 0 Å². The highest BCUT2D eigenvalue weighted by atomic mass is 16.3. The van der Waals surface area contributed by atoms with E-state index in [-0.39, 0.29) is 0 Å². The molecule has 0 fully saturated rings. The normalized spacial score (nSPS) is 12.0. The highest BCUT2D eigenvalue weighted by Gasteiger charge is 2.04. The maximum Gasteiger partial charge on any atom is 0.133 e. The molecule has 1 aliphatic rings. The average molecular weight is 238 g/mol. The molecule has 90 valence electrons. The quantitative estimate of drug-likeness (QED) is 0.623. The molecule has 0 aliphatic carbocycles. The van der Waals surface area contributed by atoms with Crippen LogP contribution in [0.25, 0.3) is 11.0 Å². The molecule has 0 saturated carbocycles. The fraction of sp³-hybridized carbons (Fsp3) is 0.0667. The summed E-state index contributed by atoms with van der Waals surface area (Å²) in [6.45, 7) is 0.860. The second-order valence-electron chi connectivity index (χ2n) is 4.03. The molecule has 3 heteroatoms. The number of benzene rings is 2. The smallest absolute Gasteiger partial charge is 0.133 e. The zero-order valence-corrected chi connectivity index (χ0v) is 9.89. The van der Waals surface area contributed by atoms with Crippen molar-refractivity contribution in [2.75, 3.05) is 17.3 Å². The number of para-hydroxylation sites is 3. The van der Waals surface area contributed by atoms with Crippen LogP contribution in [-0.4, -0.2) is 6.67 Å². The lowest BCUT2D eigenvalue weighted by molar-refractivity contribution is 0.616. The van der Waals surface area contributed by atoms with Gasteiger partial charge in [-0.05, 0) is 24.3 Å². The van der Waals surface area contributed by atoms with Crippen molar-refractivity contribution in [3.63, 3.8) is 0 Å². The largest absolute Gasteiger partial charge is 0.464 e. The van der Waals surface area contributed by atoms with Gasteiger partial charge in [-0.1, -0.05) is 30.3 Å². The lowest BCUT2D eigenvalue weighted by Gasteiger charge is -1.93. The molecule has 1 aromatic heterocycles. The summed E-state index contributed by atoms with van der Waals surface area (Å²) in [4.78, 5) is 0. The second kappa shape index (κ2) is 4.84. The SMILES string of the molecule is c1ccc2c(c1)NCN2.c1ccc2occc2c1. The average Bonchev–Trinajstić information content (AvgIpc) is 3.08. The third-order valence-corrected chi connectivity index (χ3v) is 2.85. The van der Waals surface area contributed by atoms with Crippen molar-refractivity contribution in [1.82, 2.24) is 0 Å². The third kappa shape index (κ3) is 2.15. The number of nitrogens with one attached hydrogen (secondary N) is 2. The van der Waals surface area contributed by atoms with Crippen LogP contribution in [0.1, 0.15) is 0 Å². The van der Waals surface area contributed by atoms with Crippen molar-refractivity contribution in [3.05, 3.63) is 60.9 Å². The Balaban J connectivity index is 0.000000111. The number of hydrogen-bond acceptors (Lipinski definition) is 3. The molecular formula is C15H14N2O. The molecule has 0 bridgehead atoms. The molecule has 1 aliphatic heterocycles. The molecule has 3 aromatic rings. The molecule has 18 heavy (non-hydrogen) atoms. The summed E-state index contributed by atoms with van der Waals surface area (Å²) in [7, 11) is 0. The fourth-order valence-electron chi connectivity index (χ4n) is 1.93. The van der Waals surface area contributed by atoms with Gasteiger partial charge in [-0.2, -0.15) is 0 Å². The number of anilines is 2. The number of furan rings is 1. The Morgan fingerprint density at radius 1 is 0.778 bits per heavy atom. The molecule has 0 amide bonds. The van der Waals surface area contributed by atoms with E-state index < -0.39 is 0 Å². The van der Waals surface area contributed by atoms with Crippen LogP contribution >= 0.6 is 0 Å². The summed E-state index contributed by atoms with van der Waals surface area (Å²) in [5.74, 6) is 0. The van der Waals surface area contributed by atoms with Crippen LogP contribution in [0.4, 0.5) is 11.4 Å². The van der Waals surface area contributed by atoms with Gasteiger partial charge in [0.05, 0.1) is 24.3 Å². The van der Waals surface area contributed by atoms with Crippen molar-refractivity contribution in [3.8, 4) is 0 Å². The van der Waals surface area contributed by atoms with E-state index in [1.165, 1.54) is 11.4 Å². The van der Waals surface area contributed by atoms with E-state index in [1.54, 1.807) is 6.26 Å². The maximum absolute atomic E-state index is 5.12. The summed E-state index contributed by atoms with van der Waals surface area (Å²) < 4.78 is 5.12. The van der Waals surface area contributed by atoms with Gasteiger partial charge in [0.25, 0.3) is 0 Å². The summed E-state index contributed by atoms with van der Waals surface area (Å²) in [5.41, 5.74) is 3.37. The molecule has 2 N–H and O–H groups in total. The van der Waals surface area contributed by atoms with Gasteiger partial charge in [-0.15, -0.1) is 0 Å². The van der Waals surface area contributed by atoms with Crippen LogP contribution in [0.15, 0.2) is 65.3 Å². The van der Waals surface area contributed by atoms with E-state index in [0.29, 0.717) is 0 Å². The first kappa shape index (κ1) is 10.7. The first-order valence-corrected chi connectivity index (χ1v) is 5.92. The Bertz CT molecular complexity index is 592.